The minimum absolute atomic E-state index is 0.850. The Morgan fingerprint density at radius 2 is 1.39 bits per heavy atom. The van der Waals surface area contributed by atoms with Crippen LogP contribution in [-0.2, 0) is 0 Å². The fourth-order valence-corrected chi connectivity index (χ4v) is 21.7. The molecule has 0 amide bonds. The molecule has 2 nitrogen and oxygen atoms in total. The van der Waals surface area contributed by atoms with Gasteiger partial charge in [-0.3, -0.25) is 0 Å². The van der Waals surface area contributed by atoms with Crippen LogP contribution in [0.2, 0.25) is 18.3 Å². The fourth-order valence-electron chi connectivity index (χ4n) is 3.93. The van der Waals surface area contributed by atoms with Crippen molar-refractivity contribution in [1.29, 1.82) is 0 Å². The molecular formula is C23H35ClN2SSn. The Morgan fingerprint density at radius 1 is 0.857 bits per heavy atom. The van der Waals surface area contributed by atoms with Crippen LogP contribution < -0.4 is 3.71 Å². The van der Waals surface area contributed by atoms with Gasteiger partial charge >= 0.3 is 186 Å². The van der Waals surface area contributed by atoms with E-state index in [0.717, 1.165) is 21.4 Å². The predicted molar refractivity (Wildman–Crippen MR) is 129 cm³/mol. The molecule has 2 aromatic rings. The number of nitrogens with zero attached hydrogens (tertiary/aromatic N) is 2. The number of benzene rings is 1. The SMILES string of the molecule is CCC[CH2][Sn]([CH2]CCC)([CH2]CCC)[c]1nc(SC)nc(-c2ccccc2)c1Cl. The summed E-state index contributed by atoms with van der Waals surface area (Å²) in [6.07, 6.45) is 9.74. The molecule has 0 bridgehead atoms. The summed E-state index contributed by atoms with van der Waals surface area (Å²) in [6, 6.07) is 10.4. The van der Waals surface area contributed by atoms with Crippen LogP contribution in [0.1, 0.15) is 59.3 Å². The van der Waals surface area contributed by atoms with E-state index >= 15 is 0 Å². The summed E-state index contributed by atoms with van der Waals surface area (Å²) < 4.78 is 5.39. The zero-order valence-corrected chi connectivity index (χ0v) is 22.4. The van der Waals surface area contributed by atoms with E-state index in [1.165, 1.54) is 55.5 Å². The minimum atomic E-state index is -2.73. The Bertz CT molecular complexity index is 702. The third-order valence-corrected chi connectivity index (χ3v) is 22.1. The van der Waals surface area contributed by atoms with E-state index in [4.69, 9.17) is 21.6 Å². The number of thioether (sulfide) groups is 1. The fraction of sp³-hybridized carbons (Fsp3) is 0.565. The molecule has 5 heteroatoms. The standard InChI is InChI=1S/C11H8ClN2S.3C4H9.Sn/c1-15-11-13-7-9(12)10(14-11)8-5-3-2-4-6-8;3*1-3-4-2;/h2-6H,1H3;3*1,3-4H2,2H3;. The predicted octanol–water partition coefficient (Wildman–Crippen LogP) is 7.58. The summed E-state index contributed by atoms with van der Waals surface area (Å²) in [5, 5.41) is 1.73. The maximum absolute atomic E-state index is 7.11. The molecule has 1 aromatic heterocycles. The van der Waals surface area contributed by atoms with Gasteiger partial charge in [-0.15, -0.1) is 0 Å². The second-order valence-electron chi connectivity index (χ2n) is 7.68. The van der Waals surface area contributed by atoms with Gasteiger partial charge in [0, 0.05) is 0 Å². The first kappa shape index (κ1) is 24.0. The number of hydrogen-bond donors (Lipinski definition) is 0. The average molecular weight is 526 g/mol. The first-order valence-electron chi connectivity index (χ1n) is 10.8. The van der Waals surface area contributed by atoms with Crippen LogP contribution in [0.25, 0.3) is 11.3 Å². The molecule has 0 unspecified atom stereocenters. The van der Waals surface area contributed by atoms with Gasteiger partial charge in [0.05, 0.1) is 0 Å². The molecule has 154 valence electrons. The van der Waals surface area contributed by atoms with Gasteiger partial charge in [-0.1, -0.05) is 0 Å². The molecule has 0 N–H and O–H groups in total. The Morgan fingerprint density at radius 3 is 1.86 bits per heavy atom. The molecule has 0 fully saturated rings. The monoisotopic (exact) mass is 526 g/mol. The molecule has 0 radical (unpaired) electrons. The van der Waals surface area contributed by atoms with Crippen LogP contribution in [0.15, 0.2) is 35.5 Å². The molecule has 0 aliphatic rings. The topological polar surface area (TPSA) is 25.8 Å². The van der Waals surface area contributed by atoms with E-state index in [1.54, 1.807) is 11.8 Å². The van der Waals surface area contributed by atoms with Crippen molar-refractivity contribution < 1.29 is 0 Å². The van der Waals surface area contributed by atoms with E-state index in [0.29, 0.717) is 0 Å². The van der Waals surface area contributed by atoms with Gasteiger partial charge in [0.15, 0.2) is 0 Å². The summed E-state index contributed by atoms with van der Waals surface area (Å²) in [6.45, 7) is 6.92. The normalized spacial score (nSPS) is 11.8. The van der Waals surface area contributed by atoms with Crippen molar-refractivity contribution in [3.8, 4) is 11.3 Å². The quantitative estimate of drug-likeness (QED) is 0.162. The van der Waals surface area contributed by atoms with E-state index in [-0.39, 0.29) is 0 Å². The van der Waals surface area contributed by atoms with Gasteiger partial charge in [0.1, 0.15) is 0 Å². The second kappa shape index (κ2) is 12.4. The second-order valence-corrected chi connectivity index (χ2v) is 21.8. The van der Waals surface area contributed by atoms with E-state index < -0.39 is 18.4 Å². The molecule has 0 saturated heterocycles. The van der Waals surface area contributed by atoms with Crippen molar-refractivity contribution in [2.24, 2.45) is 0 Å². The van der Waals surface area contributed by atoms with Crippen LogP contribution in [0.4, 0.5) is 0 Å². The Hall–Kier alpha value is -0.261. The zero-order chi connectivity index (χ0) is 20.4. The first-order valence-corrected chi connectivity index (χ1v) is 19.9. The van der Waals surface area contributed by atoms with Crippen molar-refractivity contribution in [2.75, 3.05) is 6.26 Å². The van der Waals surface area contributed by atoms with Crippen LogP contribution in [0.5, 0.6) is 0 Å². The summed E-state index contributed by atoms with van der Waals surface area (Å²) in [5.41, 5.74) is 2.04. The van der Waals surface area contributed by atoms with Gasteiger partial charge in [0.2, 0.25) is 0 Å². The molecule has 1 aromatic carbocycles. The Kier molecular flexibility index (Phi) is 10.7. The number of rotatable bonds is 12. The number of aromatic nitrogens is 2. The molecule has 0 spiro atoms. The van der Waals surface area contributed by atoms with Gasteiger partial charge in [0.25, 0.3) is 0 Å². The molecule has 0 saturated carbocycles. The summed E-state index contributed by atoms with van der Waals surface area (Å²) in [5.74, 6) is 0. The zero-order valence-electron chi connectivity index (χ0n) is 17.9. The molecule has 1 heterocycles. The van der Waals surface area contributed by atoms with E-state index in [1.807, 2.05) is 6.07 Å². The third kappa shape index (κ3) is 6.12. The maximum atomic E-state index is 7.11. The van der Waals surface area contributed by atoms with Crippen molar-refractivity contribution in [2.45, 2.75) is 77.8 Å². The average Bonchev–Trinajstić information content (AvgIpc) is 2.74. The molecule has 2 rings (SSSR count). The molecule has 28 heavy (non-hydrogen) atoms. The molecular weight excluding hydrogens is 490 g/mol. The van der Waals surface area contributed by atoms with Crippen LogP contribution >= 0.6 is 23.4 Å². The Labute approximate surface area is 185 Å². The van der Waals surface area contributed by atoms with Gasteiger partial charge in [-0.05, 0) is 0 Å². The molecule has 0 aliphatic heterocycles. The number of halogens is 1. The Balaban J connectivity index is 2.65. The first-order chi connectivity index (χ1) is 13.6. The van der Waals surface area contributed by atoms with Crippen LogP contribution in [0, 0.1) is 0 Å². The summed E-state index contributed by atoms with van der Waals surface area (Å²) in [4.78, 5) is 9.95. The number of hydrogen-bond acceptors (Lipinski definition) is 3. The summed E-state index contributed by atoms with van der Waals surface area (Å²) in [7, 11) is 0. The van der Waals surface area contributed by atoms with Crippen molar-refractivity contribution in [3.05, 3.63) is 35.4 Å². The van der Waals surface area contributed by atoms with Crippen molar-refractivity contribution >= 4 is 45.4 Å². The van der Waals surface area contributed by atoms with E-state index in [2.05, 4.69) is 51.3 Å². The molecule has 0 atom stereocenters. The van der Waals surface area contributed by atoms with Crippen LogP contribution in [0.3, 0.4) is 0 Å². The summed E-state index contributed by atoms with van der Waals surface area (Å²) >= 11 is 6.02. The number of unbranched alkanes of at least 4 members (excludes halogenated alkanes) is 3. The van der Waals surface area contributed by atoms with Crippen LogP contribution in [-0.4, -0.2) is 34.6 Å². The third-order valence-electron chi connectivity index (χ3n) is 5.59. The van der Waals surface area contributed by atoms with Gasteiger partial charge in [-0.25, -0.2) is 0 Å². The van der Waals surface area contributed by atoms with Crippen molar-refractivity contribution in [1.82, 2.24) is 9.97 Å². The van der Waals surface area contributed by atoms with E-state index in [9.17, 15) is 0 Å². The van der Waals surface area contributed by atoms with Gasteiger partial charge in [-0.2, -0.15) is 0 Å². The van der Waals surface area contributed by atoms with Gasteiger partial charge < -0.3 is 0 Å². The molecule has 0 aliphatic carbocycles. The van der Waals surface area contributed by atoms with Crippen molar-refractivity contribution in [3.63, 3.8) is 0 Å².